The maximum atomic E-state index is 12.2. The van der Waals surface area contributed by atoms with Gasteiger partial charge in [0.05, 0.1) is 10.3 Å². The number of amides is 1. The molecule has 2 N–H and O–H groups in total. The summed E-state index contributed by atoms with van der Waals surface area (Å²) >= 11 is 1.40. The van der Waals surface area contributed by atoms with E-state index in [0.29, 0.717) is 16.3 Å². The lowest BCUT2D eigenvalue weighted by molar-refractivity contribution is 0.0955. The molecule has 0 saturated heterocycles. The Kier molecular flexibility index (Phi) is 2.65. The normalized spacial score (nSPS) is 14.7. The average Bonchev–Trinajstić information content (AvgIpc) is 3.14. The lowest BCUT2D eigenvalue weighted by atomic mass is 10.1. The number of hydrogen-bond acceptors (Lipinski definition) is 3. The van der Waals surface area contributed by atoms with Crippen LogP contribution in [0.1, 0.15) is 28.1 Å². The van der Waals surface area contributed by atoms with E-state index < -0.39 is 0 Å². The van der Waals surface area contributed by atoms with Crippen LogP contribution in [0, 0.1) is 6.92 Å². The van der Waals surface area contributed by atoms with Gasteiger partial charge in [0.1, 0.15) is 0 Å². The van der Waals surface area contributed by atoms with Crippen molar-refractivity contribution in [2.75, 3.05) is 0 Å². The molecule has 1 aliphatic rings. The highest BCUT2D eigenvalue weighted by Crippen LogP contribution is 2.30. The maximum absolute atomic E-state index is 12.2. The standard InChI is InChI=1S/C16H14N2O2S/c1-8-2-5-12-10(6-8)14-11(15(19)18-12)7-13(21-14)16(20)17-9-3-4-9/h2,5-7,9H,3-4H2,1H3,(H,17,20)(H,18,19). The molecule has 1 saturated carbocycles. The van der Waals surface area contributed by atoms with Gasteiger partial charge in [-0.15, -0.1) is 11.3 Å². The van der Waals surface area contributed by atoms with Gasteiger partial charge in [-0.1, -0.05) is 11.6 Å². The van der Waals surface area contributed by atoms with E-state index in [4.69, 9.17) is 0 Å². The molecular weight excluding hydrogens is 284 g/mol. The van der Waals surface area contributed by atoms with E-state index in [1.807, 2.05) is 25.1 Å². The van der Waals surface area contributed by atoms with Crippen LogP contribution >= 0.6 is 11.3 Å². The Bertz CT molecular complexity index is 934. The molecule has 1 amide bonds. The number of nitrogens with one attached hydrogen (secondary N) is 2. The van der Waals surface area contributed by atoms with Gasteiger partial charge in [0, 0.05) is 21.6 Å². The fourth-order valence-electron chi connectivity index (χ4n) is 2.50. The second-order valence-electron chi connectivity index (χ2n) is 5.60. The third kappa shape index (κ3) is 2.14. The zero-order valence-electron chi connectivity index (χ0n) is 11.5. The molecule has 3 aromatic rings. The van der Waals surface area contributed by atoms with Crippen molar-refractivity contribution in [1.82, 2.24) is 10.3 Å². The highest BCUT2D eigenvalue weighted by Gasteiger charge is 2.25. The lowest BCUT2D eigenvalue weighted by Gasteiger charge is -2.00. The number of aromatic nitrogens is 1. The third-order valence-electron chi connectivity index (χ3n) is 3.78. The molecule has 0 atom stereocenters. The molecule has 1 aromatic carbocycles. The highest BCUT2D eigenvalue weighted by molar-refractivity contribution is 7.21. The van der Waals surface area contributed by atoms with Crippen molar-refractivity contribution in [3.05, 3.63) is 45.1 Å². The van der Waals surface area contributed by atoms with Gasteiger partial charge in [-0.25, -0.2) is 0 Å². The molecular formula is C16H14N2O2S. The first-order valence-corrected chi connectivity index (χ1v) is 7.80. The van der Waals surface area contributed by atoms with Crippen LogP contribution in [0.3, 0.4) is 0 Å². The van der Waals surface area contributed by atoms with Crippen LogP contribution in [0.5, 0.6) is 0 Å². The fourth-order valence-corrected chi connectivity index (χ4v) is 3.59. The summed E-state index contributed by atoms with van der Waals surface area (Å²) in [6.45, 7) is 2.02. The summed E-state index contributed by atoms with van der Waals surface area (Å²) in [5.74, 6) is -0.0705. The molecule has 2 heterocycles. The molecule has 4 rings (SSSR count). The minimum Gasteiger partial charge on any atom is -0.349 e. The smallest absolute Gasteiger partial charge is 0.261 e. The number of benzene rings is 1. The third-order valence-corrected chi connectivity index (χ3v) is 4.95. The Balaban J connectivity index is 1.94. The quantitative estimate of drug-likeness (QED) is 0.764. The van der Waals surface area contributed by atoms with E-state index in [2.05, 4.69) is 10.3 Å². The van der Waals surface area contributed by atoms with Crippen LogP contribution in [-0.4, -0.2) is 16.9 Å². The van der Waals surface area contributed by atoms with Crippen molar-refractivity contribution in [2.45, 2.75) is 25.8 Å². The summed E-state index contributed by atoms with van der Waals surface area (Å²) in [5.41, 5.74) is 1.81. The Morgan fingerprint density at radius 2 is 2.10 bits per heavy atom. The predicted octanol–water partition coefficient (Wildman–Crippen LogP) is 2.94. The van der Waals surface area contributed by atoms with Gasteiger partial charge in [0.2, 0.25) is 0 Å². The van der Waals surface area contributed by atoms with Crippen molar-refractivity contribution >= 4 is 38.2 Å². The zero-order chi connectivity index (χ0) is 14.6. The van der Waals surface area contributed by atoms with Crippen molar-refractivity contribution in [3.63, 3.8) is 0 Å². The number of rotatable bonds is 2. The zero-order valence-corrected chi connectivity index (χ0v) is 12.3. The number of thiophene rings is 1. The average molecular weight is 298 g/mol. The largest absolute Gasteiger partial charge is 0.349 e. The molecule has 1 aliphatic carbocycles. The number of aromatic amines is 1. The van der Waals surface area contributed by atoms with Gasteiger partial charge in [-0.2, -0.15) is 0 Å². The Morgan fingerprint density at radius 3 is 2.86 bits per heavy atom. The second kappa shape index (κ2) is 4.43. The molecule has 0 spiro atoms. The van der Waals surface area contributed by atoms with E-state index >= 15 is 0 Å². The van der Waals surface area contributed by atoms with Gasteiger partial charge in [0.15, 0.2) is 0 Å². The minimum absolute atomic E-state index is 0.0705. The Morgan fingerprint density at radius 1 is 1.29 bits per heavy atom. The second-order valence-corrected chi connectivity index (χ2v) is 6.66. The van der Waals surface area contributed by atoms with Crippen LogP contribution < -0.4 is 10.9 Å². The van der Waals surface area contributed by atoms with Crippen LogP contribution in [0.15, 0.2) is 29.1 Å². The molecule has 5 heteroatoms. The summed E-state index contributed by atoms with van der Waals surface area (Å²) in [6.07, 6.45) is 2.11. The molecule has 4 nitrogen and oxygen atoms in total. The molecule has 0 radical (unpaired) electrons. The van der Waals surface area contributed by atoms with Gasteiger partial charge < -0.3 is 10.3 Å². The van der Waals surface area contributed by atoms with E-state index in [-0.39, 0.29) is 11.5 Å². The Hall–Kier alpha value is -2.14. The number of H-pyrrole nitrogens is 1. The van der Waals surface area contributed by atoms with Gasteiger partial charge in [-0.3, -0.25) is 9.59 Å². The molecule has 0 unspecified atom stereocenters. The molecule has 21 heavy (non-hydrogen) atoms. The number of pyridine rings is 1. The number of carbonyl (C=O) groups is 1. The van der Waals surface area contributed by atoms with E-state index in [9.17, 15) is 9.59 Å². The molecule has 0 bridgehead atoms. The number of aryl methyl sites for hydroxylation is 1. The molecule has 106 valence electrons. The minimum atomic E-state index is -0.136. The first kappa shape index (κ1) is 12.6. The topological polar surface area (TPSA) is 62.0 Å². The van der Waals surface area contributed by atoms with E-state index in [0.717, 1.165) is 34.0 Å². The first-order chi connectivity index (χ1) is 10.1. The van der Waals surface area contributed by atoms with Crippen molar-refractivity contribution in [3.8, 4) is 0 Å². The van der Waals surface area contributed by atoms with E-state index in [1.165, 1.54) is 11.3 Å². The van der Waals surface area contributed by atoms with Crippen molar-refractivity contribution in [2.24, 2.45) is 0 Å². The molecule has 0 aliphatic heterocycles. The number of fused-ring (bicyclic) bond motifs is 3. The fraction of sp³-hybridized carbons (Fsp3) is 0.250. The summed E-state index contributed by atoms with van der Waals surface area (Å²) < 4.78 is 0.887. The van der Waals surface area contributed by atoms with Crippen molar-refractivity contribution in [1.29, 1.82) is 0 Å². The van der Waals surface area contributed by atoms with Crippen molar-refractivity contribution < 1.29 is 4.79 Å². The molecule has 1 fully saturated rings. The summed E-state index contributed by atoms with van der Waals surface area (Å²) in [6, 6.07) is 7.96. The van der Waals surface area contributed by atoms with Crippen LogP contribution in [0.2, 0.25) is 0 Å². The Labute approximate surface area is 124 Å². The van der Waals surface area contributed by atoms with Gasteiger partial charge in [0.25, 0.3) is 11.5 Å². The van der Waals surface area contributed by atoms with Crippen LogP contribution in [0.4, 0.5) is 0 Å². The van der Waals surface area contributed by atoms with Gasteiger partial charge in [-0.05, 0) is 38.0 Å². The summed E-state index contributed by atoms with van der Waals surface area (Å²) in [4.78, 5) is 27.8. The first-order valence-electron chi connectivity index (χ1n) is 6.99. The van der Waals surface area contributed by atoms with Crippen LogP contribution in [0.25, 0.3) is 21.0 Å². The monoisotopic (exact) mass is 298 g/mol. The lowest BCUT2D eigenvalue weighted by Crippen LogP contribution is -2.24. The predicted molar refractivity (Wildman–Crippen MR) is 85.2 cm³/mol. The highest BCUT2D eigenvalue weighted by atomic mass is 32.1. The van der Waals surface area contributed by atoms with Gasteiger partial charge >= 0.3 is 0 Å². The molecule has 2 aromatic heterocycles. The van der Waals surface area contributed by atoms with Crippen LogP contribution in [-0.2, 0) is 0 Å². The summed E-state index contributed by atoms with van der Waals surface area (Å²) in [7, 11) is 0. The van der Waals surface area contributed by atoms with E-state index in [1.54, 1.807) is 6.07 Å². The number of carbonyl (C=O) groups excluding carboxylic acids is 1. The maximum Gasteiger partial charge on any atom is 0.261 e. The number of hydrogen-bond donors (Lipinski definition) is 2. The SMILES string of the molecule is Cc1ccc2[nH]c(=O)c3cc(C(=O)NC4CC4)sc3c2c1. The summed E-state index contributed by atoms with van der Waals surface area (Å²) in [5, 5.41) is 4.57.